The summed E-state index contributed by atoms with van der Waals surface area (Å²) in [6, 6.07) is 0. The van der Waals surface area contributed by atoms with E-state index in [2.05, 4.69) is 27.7 Å². The third-order valence-corrected chi connectivity index (χ3v) is 3.92. The van der Waals surface area contributed by atoms with Gasteiger partial charge >= 0.3 is 12.1 Å². The zero-order valence-corrected chi connectivity index (χ0v) is 14.5. The van der Waals surface area contributed by atoms with Crippen LogP contribution in [0.25, 0.3) is 0 Å². The average molecular weight is 314 g/mol. The highest BCUT2D eigenvalue weighted by Crippen LogP contribution is 2.27. The van der Waals surface area contributed by atoms with Crippen molar-refractivity contribution >= 4 is 12.1 Å². The molecule has 1 saturated heterocycles. The third kappa shape index (κ3) is 6.24. The van der Waals surface area contributed by atoms with Gasteiger partial charge in [0.25, 0.3) is 0 Å². The van der Waals surface area contributed by atoms with Crippen LogP contribution in [0.1, 0.15) is 60.3 Å². The fourth-order valence-corrected chi connectivity index (χ4v) is 2.23. The summed E-state index contributed by atoms with van der Waals surface area (Å²) in [5, 5.41) is 0. The molecule has 0 atom stereocenters. The third-order valence-electron chi connectivity index (χ3n) is 3.92. The van der Waals surface area contributed by atoms with Crippen molar-refractivity contribution < 1.29 is 23.8 Å². The Kier molecular flexibility index (Phi) is 7.17. The van der Waals surface area contributed by atoms with Gasteiger partial charge in [-0.15, -0.1) is 0 Å². The van der Waals surface area contributed by atoms with Crippen molar-refractivity contribution in [3.8, 4) is 0 Å². The van der Waals surface area contributed by atoms with E-state index in [9.17, 15) is 9.59 Å². The Morgan fingerprint density at radius 1 is 1.05 bits per heavy atom. The monoisotopic (exact) mass is 314 g/mol. The summed E-state index contributed by atoms with van der Waals surface area (Å²) in [7, 11) is 0. The number of esters is 1. The Bertz CT molecular complexity index is 353. The molecular formula is C17H30O5. The van der Waals surface area contributed by atoms with Crippen LogP contribution in [0.4, 0.5) is 4.79 Å². The van der Waals surface area contributed by atoms with Gasteiger partial charge in [-0.3, -0.25) is 4.79 Å². The van der Waals surface area contributed by atoms with Gasteiger partial charge in [-0.25, -0.2) is 4.79 Å². The van der Waals surface area contributed by atoms with Gasteiger partial charge in [0, 0.05) is 0 Å². The second-order valence-electron chi connectivity index (χ2n) is 7.36. The molecule has 0 aromatic rings. The lowest BCUT2D eigenvalue weighted by Crippen LogP contribution is -2.45. The Hall–Kier alpha value is -1.26. The predicted octanol–water partition coefficient (Wildman–Crippen LogP) is 3.94. The van der Waals surface area contributed by atoms with E-state index in [-0.39, 0.29) is 25.3 Å². The van der Waals surface area contributed by atoms with Crippen LogP contribution in [-0.2, 0) is 19.0 Å². The van der Waals surface area contributed by atoms with E-state index in [1.54, 1.807) is 6.92 Å². The lowest BCUT2D eigenvalue weighted by molar-refractivity contribution is -0.172. The van der Waals surface area contributed by atoms with Crippen LogP contribution in [0.2, 0.25) is 0 Å². The van der Waals surface area contributed by atoms with Crippen molar-refractivity contribution in [1.29, 1.82) is 0 Å². The molecule has 0 N–H and O–H groups in total. The first-order valence-electron chi connectivity index (χ1n) is 8.23. The van der Waals surface area contributed by atoms with Gasteiger partial charge in [0.1, 0.15) is 24.7 Å². The van der Waals surface area contributed by atoms with E-state index in [0.29, 0.717) is 11.8 Å². The molecule has 1 aliphatic heterocycles. The SMILES string of the molecule is CC(C)CCC(CCC(C)C)OC(=O)C1(C)COC(=O)OC1. The van der Waals surface area contributed by atoms with Crippen molar-refractivity contribution in [1.82, 2.24) is 0 Å². The fraction of sp³-hybridized carbons (Fsp3) is 0.882. The molecule has 128 valence electrons. The number of ether oxygens (including phenoxy) is 3. The Morgan fingerprint density at radius 2 is 1.50 bits per heavy atom. The van der Waals surface area contributed by atoms with Crippen LogP contribution in [-0.4, -0.2) is 31.4 Å². The van der Waals surface area contributed by atoms with E-state index in [1.807, 2.05) is 0 Å². The topological polar surface area (TPSA) is 61.8 Å². The standard InChI is InChI=1S/C17H30O5/c1-12(2)6-8-14(9-7-13(3)4)22-15(18)17(5)10-20-16(19)21-11-17/h12-14H,6-11H2,1-5H3. The minimum Gasteiger partial charge on any atom is -0.462 e. The van der Waals surface area contributed by atoms with E-state index >= 15 is 0 Å². The molecule has 22 heavy (non-hydrogen) atoms. The molecule has 0 amide bonds. The van der Waals surface area contributed by atoms with Crippen molar-refractivity contribution in [3.05, 3.63) is 0 Å². The van der Waals surface area contributed by atoms with E-state index in [4.69, 9.17) is 14.2 Å². The maximum Gasteiger partial charge on any atom is 0.508 e. The van der Waals surface area contributed by atoms with Crippen molar-refractivity contribution in [3.63, 3.8) is 0 Å². The quantitative estimate of drug-likeness (QED) is 0.635. The van der Waals surface area contributed by atoms with Crippen LogP contribution in [0.3, 0.4) is 0 Å². The molecule has 0 bridgehead atoms. The van der Waals surface area contributed by atoms with Gasteiger partial charge in [-0.1, -0.05) is 27.7 Å². The van der Waals surface area contributed by atoms with Gasteiger partial charge in [0.05, 0.1) is 0 Å². The van der Waals surface area contributed by atoms with Gasteiger partial charge < -0.3 is 14.2 Å². The molecular weight excluding hydrogens is 284 g/mol. The zero-order valence-electron chi connectivity index (χ0n) is 14.5. The number of rotatable bonds is 8. The lowest BCUT2D eigenvalue weighted by atomic mass is 9.92. The molecule has 1 heterocycles. The smallest absolute Gasteiger partial charge is 0.462 e. The molecule has 0 saturated carbocycles. The molecule has 0 aromatic carbocycles. The van der Waals surface area contributed by atoms with Gasteiger partial charge in [-0.05, 0) is 44.4 Å². The normalized spacial score (nSPS) is 17.5. The molecule has 1 fully saturated rings. The van der Waals surface area contributed by atoms with Crippen LogP contribution >= 0.6 is 0 Å². The van der Waals surface area contributed by atoms with Crippen molar-refractivity contribution in [2.45, 2.75) is 66.4 Å². The van der Waals surface area contributed by atoms with Gasteiger partial charge in [-0.2, -0.15) is 0 Å². The summed E-state index contributed by atoms with van der Waals surface area (Å²) in [5.41, 5.74) is -0.901. The highest BCUT2D eigenvalue weighted by Gasteiger charge is 2.42. The summed E-state index contributed by atoms with van der Waals surface area (Å²) >= 11 is 0. The van der Waals surface area contributed by atoms with Crippen molar-refractivity contribution in [2.75, 3.05) is 13.2 Å². The van der Waals surface area contributed by atoms with Crippen molar-refractivity contribution in [2.24, 2.45) is 17.3 Å². The molecule has 5 heteroatoms. The second-order valence-corrected chi connectivity index (χ2v) is 7.36. The van der Waals surface area contributed by atoms with Gasteiger partial charge in [0.15, 0.2) is 0 Å². The minimum absolute atomic E-state index is 0.0196. The first-order valence-corrected chi connectivity index (χ1v) is 8.23. The molecule has 5 nitrogen and oxygen atoms in total. The molecule has 1 aliphatic rings. The first-order chi connectivity index (χ1) is 10.2. The summed E-state index contributed by atoms with van der Waals surface area (Å²) in [6.45, 7) is 10.4. The molecule has 0 spiro atoms. The Labute approximate surface area is 133 Å². The maximum atomic E-state index is 12.4. The van der Waals surface area contributed by atoms with Crippen LogP contribution in [0.5, 0.6) is 0 Å². The van der Waals surface area contributed by atoms with E-state index in [1.165, 1.54) is 0 Å². The second kappa shape index (κ2) is 8.39. The van der Waals surface area contributed by atoms with E-state index < -0.39 is 11.6 Å². The Morgan fingerprint density at radius 3 is 1.91 bits per heavy atom. The highest BCUT2D eigenvalue weighted by atomic mass is 16.7. The highest BCUT2D eigenvalue weighted by molar-refractivity contribution is 5.78. The van der Waals surface area contributed by atoms with Crippen LogP contribution in [0, 0.1) is 17.3 Å². The summed E-state index contributed by atoms with van der Waals surface area (Å²) in [6.07, 6.45) is 2.99. The fourth-order valence-electron chi connectivity index (χ4n) is 2.23. The van der Waals surface area contributed by atoms with E-state index in [0.717, 1.165) is 25.7 Å². The Balaban J connectivity index is 2.58. The maximum absolute atomic E-state index is 12.4. The van der Waals surface area contributed by atoms with Crippen LogP contribution < -0.4 is 0 Å². The summed E-state index contributed by atoms with van der Waals surface area (Å²) < 4.78 is 15.4. The molecule has 0 unspecified atom stereocenters. The number of carbonyl (C=O) groups is 2. The number of carbonyl (C=O) groups excluding carboxylic acids is 2. The summed E-state index contributed by atoms with van der Waals surface area (Å²) in [4.78, 5) is 23.4. The largest absolute Gasteiger partial charge is 0.508 e. The average Bonchev–Trinajstić information content (AvgIpc) is 2.44. The lowest BCUT2D eigenvalue weighted by Gasteiger charge is -2.32. The number of cyclic esters (lactones) is 2. The van der Waals surface area contributed by atoms with Crippen LogP contribution in [0.15, 0.2) is 0 Å². The number of hydrogen-bond donors (Lipinski definition) is 0. The minimum atomic E-state index is -0.901. The number of hydrogen-bond acceptors (Lipinski definition) is 5. The molecule has 1 rings (SSSR count). The molecule has 0 aliphatic carbocycles. The molecule has 0 aromatic heterocycles. The summed E-state index contributed by atoms with van der Waals surface area (Å²) in [5.74, 6) is 0.821. The molecule has 0 radical (unpaired) electrons. The van der Waals surface area contributed by atoms with Gasteiger partial charge in [0.2, 0.25) is 0 Å². The first kappa shape index (κ1) is 18.8. The predicted molar refractivity (Wildman–Crippen MR) is 83.4 cm³/mol. The zero-order chi connectivity index (χ0) is 16.8.